The van der Waals surface area contributed by atoms with Gasteiger partial charge in [0, 0.05) is 28.1 Å². The first-order valence-electron chi connectivity index (χ1n) is 11.2. The molecule has 3 atom stereocenters. The number of benzene rings is 3. The van der Waals surface area contributed by atoms with Crippen LogP contribution in [0.2, 0.25) is 10.0 Å². The van der Waals surface area contributed by atoms with Crippen molar-refractivity contribution in [1.29, 1.82) is 0 Å². The van der Waals surface area contributed by atoms with E-state index in [2.05, 4.69) is 6.07 Å². The van der Waals surface area contributed by atoms with E-state index in [4.69, 9.17) is 33.0 Å². The molecule has 7 heteroatoms. The first kappa shape index (κ1) is 22.8. The summed E-state index contributed by atoms with van der Waals surface area (Å²) < 4.78 is 5.62. The molecular formula is C27H23Cl2NO4. The Kier molecular flexibility index (Phi) is 6.24. The lowest BCUT2D eigenvalue weighted by Gasteiger charge is -2.38. The number of aliphatic carboxylic acids is 1. The number of ether oxygens (including phenoxy) is 1. The molecule has 5 nitrogen and oxygen atoms in total. The Hall–Kier alpha value is -3.02. The quantitative estimate of drug-likeness (QED) is 0.473. The van der Waals surface area contributed by atoms with Crippen LogP contribution in [-0.4, -0.2) is 35.0 Å². The van der Waals surface area contributed by atoms with Gasteiger partial charge in [0.15, 0.2) is 6.61 Å². The summed E-state index contributed by atoms with van der Waals surface area (Å²) >= 11 is 12.5. The first-order valence-corrected chi connectivity index (χ1v) is 12.0. The molecule has 1 aliphatic heterocycles. The van der Waals surface area contributed by atoms with Gasteiger partial charge < -0.3 is 14.7 Å². The smallest absolute Gasteiger partial charge is 0.341 e. The summed E-state index contributed by atoms with van der Waals surface area (Å²) in [5, 5.41) is 10.3. The van der Waals surface area contributed by atoms with Gasteiger partial charge >= 0.3 is 5.97 Å². The van der Waals surface area contributed by atoms with E-state index in [-0.39, 0.29) is 17.7 Å². The van der Waals surface area contributed by atoms with Crippen LogP contribution in [0.1, 0.15) is 40.6 Å². The number of carboxylic acids is 1. The van der Waals surface area contributed by atoms with Crippen molar-refractivity contribution >= 4 is 35.1 Å². The third-order valence-corrected chi connectivity index (χ3v) is 7.04. The molecule has 1 saturated carbocycles. The van der Waals surface area contributed by atoms with Gasteiger partial charge in [0.1, 0.15) is 5.75 Å². The van der Waals surface area contributed by atoms with Crippen molar-refractivity contribution < 1.29 is 19.4 Å². The first-order chi connectivity index (χ1) is 16.4. The Labute approximate surface area is 207 Å². The minimum absolute atomic E-state index is 0.0774. The number of carboxylic acid groups (broad SMARTS) is 1. The van der Waals surface area contributed by atoms with E-state index >= 15 is 0 Å². The lowest BCUT2D eigenvalue weighted by atomic mass is 9.87. The van der Waals surface area contributed by atoms with Crippen LogP contribution in [-0.2, 0) is 16.0 Å². The van der Waals surface area contributed by atoms with Crippen molar-refractivity contribution in [2.24, 2.45) is 5.92 Å². The van der Waals surface area contributed by atoms with Crippen molar-refractivity contribution in [2.75, 3.05) is 13.2 Å². The number of halogens is 2. The van der Waals surface area contributed by atoms with Crippen LogP contribution >= 0.6 is 23.2 Å². The van der Waals surface area contributed by atoms with Crippen molar-refractivity contribution in [3.63, 3.8) is 0 Å². The molecule has 0 aromatic heterocycles. The van der Waals surface area contributed by atoms with E-state index < -0.39 is 18.6 Å². The topological polar surface area (TPSA) is 66.8 Å². The maximum absolute atomic E-state index is 13.8. The lowest BCUT2D eigenvalue weighted by Crippen LogP contribution is -2.41. The summed E-state index contributed by atoms with van der Waals surface area (Å²) in [7, 11) is 0. The lowest BCUT2D eigenvalue weighted by molar-refractivity contribution is -0.139. The highest BCUT2D eigenvalue weighted by atomic mass is 35.5. The Morgan fingerprint density at radius 3 is 2.56 bits per heavy atom. The summed E-state index contributed by atoms with van der Waals surface area (Å²) in [5.41, 5.74) is 3.93. The number of hydrogen-bond donors (Lipinski definition) is 1. The number of fused-ring (bicyclic) bond motifs is 1. The van der Waals surface area contributed by atoms with E-state index in [1.165, 1.54) is 0 Å². The highest BCUT2D eigenvalue weighted by molar-refractivity contribution is 6.31. The normalized spacial score (nSPS) is 21.0. The zero-order valence-corrected chi connectivity index (χ0v) is 19.8. The fraction of sp³-hybridized carbons (Fsp3) is 0.259. The molecule has 3 aromatic rings. The number of hydrogen-bond acceptors (Lipinski definition) is 3. The molecule has 2 aliphatic rings. The van der Waals surface area contributed by atoms with E-state index in [1.54, 1.807) is 18.2 Å². The van der Waals surface area contributed by atoms with Gasteiger partial charge in [0.2, 0.25) is 5.91 Å². The van der Waals surface area contributed by atoms with E-state index in [0.717, 1.165) is 29.5 Å². The fourth-order valence-corrected chi connectivity index (χ4v) is 5.31. The maximum Gasteiger partial charge on any atom is 0.341 e. The zero-order chi connectivity index (χ0) is 23.8. The molecule has 0 spiro atoms. The van der Waals surface area contributed by atoms with Crippen LogP contribution in [0.4, 0.5) is 0 Å². The second-order valence-electron chi connectivity index (χ2n) is 8.75. The zero-order valence-electron chi connectivity index (χ0n) is 18.3. The average Bonchev–Trinajstić information content (AvgIpc) is 3.63. The number of carbonyl (C=O) groups excluding carboxylic acids is 1. The third kappa shape index (κ3) is 4.50. The minimum atomic E-state index is -1.07. The minimum Gasteiger partial charge on any atom is -0.482 e. The highest BCUT2D eigenvalue weighted by Crippen LogP contribution is 2.51. The van der Waals surface area contributed by atoms with Crippen LogP contribution in [0.5, 0.6) is 5.75 Å². The van der Waals surface area contributed by atoms with Gasteiger partial charge in [-0.05, 0) is 65.8 Å². The van der Waals surface area contributed by atoms with Crippen molar-refractivity contribution in [1.82, 2.24) is 4.90 Å². The third-order valence-electron chi connectivity index (χ3n) is 6.57. The Bertz CT molecular complexity index is 1260. The molecule has 5 rings (SSSR count). The maximum atomic E-state index is 13.8. The summed E-state index contributed by atoms with van der Waals surface area (Å²) in [5.74, 6) is -0.553. The fourth-order valence-electron chi connectivity index (χ4n) is 4.93. The highest BCUT2D eigenvalue weighted by Gasteiger charge is 2.48. The Balaban J connectivity index is 1.52. The van der Waals surface area contributed by atoms with Crippen LogP contribution in [0.15, 0.2) is 66.7 Å². The molecule has 174 valence electrons. The van der Waals surface area contributed by atoms with Crippen LogP contribution < -0.4 is 4.74 Å². The second kappa shape index (κ2) is 9.32. The molecule has 0 radical (unpaired) electrons. The van der Waals surface area contributed by atoms with Crippen LogP contribution in [0.3, 0.4) is 0 Å². The molecule has 1 aliphatic carbocycles. The van der Waals surface area contributed by atoms with Gasteiger partial charge in [0.05, 0.1) is 6.04 Å². The number of rotatable bonds is 6. The van der Waals surface area contributed by atoms with Gasteiger partial charge in [-0.1, -0.05) is 59.6 Å². The number of nitrogens with zero attached hydrogens (tertiary/aromatic N) is 1. The van der Waals surface area contributed by atoms with Gasteiger partial charge in [-0.2, -0.15) is 0 Å². The Morgan fingerprint density at radius 2 is 1.76 bits per heavy atom. The standard InChI is InChI=1S/C27H23Cl2NO4/c28-18-6-3-5-17(12-18)21-14-22(21)27(33)30-11-10-16-4-1-2-7-20(16)26(30)23-13-19(29)8-9-24(23)34-15-25(31)32/h1-9,12-13,21-22,26H,10-11,14-15H2,(H,31,32)/t21-,22+,26?/m0/s1. The van der Waals surface area contributed by atoms with Gasteiger partial charge in [-0.3, -0.25) is 4.79 Å². The molecule has 0 saturated heterocycles. The molecule has 3 aromatic carbocycles. The van der Waals surface area contributed by atoms with E-state index in [0.29, 0.717) is 27.9 Å². The summed E-state index contributed by atoms with van der Waals surface area (Å²) in [6.45, 7) is 0.0839. The molecule has 34 heavy (non-hydrogen) atoms. The molecule has 1 heterocycles. The molecular weight excluding hydrogens is 473 g/mol. The molecule has 1 fully saturated rings. The summed E-state index contributed by atoms with van der Waals surface area (Å²) in [4.78, 5) is 26.9. The van der Waals surface area contributed by atoms with E-state index in [1.807, 2.05) is 47.4 Å². The predicted octanol–water partition coefficient (Wildman–Crippen LogP) is 5.73. The molecule has 1 unspecified atom stereocenters. The summed E-state index contributed by atoms with van der Waals surface area (Å²) in [6, 6.07) is 20.4. The van der Waals surface area contributed by atoms with E-state index in [9.17, 15) is 9.59 Å². The molecule has 1 amide bonds. The Morgan fingerprint density at radius 1 is 0.971 bits per heavy atom. The van der Waals surface area contributed by atoms with Crippen molar-refractivity contribution in [3.05, 3.63) is 99.0 Å². The average molecular weight is 496 g/mol. The van der Waals surface area contributed by atoms with Gasteiger partial charge in [-0.25, -0.2) is 4.79 Å². The number of amides is 1. The monoisotopic (exact) mass is 495 g/mol. The molecule has 1 N–H and O–H groups in total. The summed E-state index contributed by atoms with van der Waals surface area (Å²) in [6.07, 6.45) is 1.53. The largest absolute Gasteiger partial charge is 0.482 e. The van der Waals surface area contributed by atoms with Crippen LogP contribution in [0, 0.1) is 5.92 Å². The van der Waals surface area contributed by atoms with Crippen molar-refractivity contribution in [2.45, 2.75) is 24.8 Å². The van der Waals surface area contributed by atoms with Crippen molar-refractivity contribution in [3.8, 4) is 5.75 Å². The van der Waals surface area contributed by atoms with Gasteiger partial charge in [-0.15, -0.1) is 0 Å². The van der Waals surface area contributed by atoms with Crippen LogP contribution in [0.25, 0.3) is 0 Å². The van der Waals surface area contributed by atoms with Gasteiger partial charge in [0.25, 0.3) is 0 Å². The second-order valence-corrected chi connectivity index (χ2v) is 9.62. The number of carbonyl (C=O) groups is 2. The SMILES string of the molecule is O=C(O)COc1ccc(Cl)cc1C1c2ccccc2CCN1C(=O)[C@@H]1C[C@H]1c1cccc(Cl)c1. The molecule has 0 bridgehead atoms. The predicted molar refractivity (Wildman–Crippen MR) is 131 cm³/mol.